The van der Waals surface area contributed by atoms with Gasteiger partial charge in [-0.1, -0.05) is 251 Å². The molecule has 0 radical (unpaired) electrons. The van der Waals surface area contributed by atoms with Gasteiger partial charge >= 0.3 is 0 Å². The maximum absolute atomic E-state index is 13.2. The molecular formula is C64H123NO18. The van der Waals surface area contributed by atoms with E-state index in [1.807, 2.05) is 0 Å². The van der Waals surface area contributed by atoms with Gasteiger partial charge in [-0.15, -0.1) is 0 Å². The molecule has 0 saturated carbocycles. The molecule has 3 heterocycles. The summed E-state index contributed by atoms with van der Waals surface area (Å²) in [5.74, 6) is -0.246. The first-order chi connectivity index (χ1) is 40.3. The Morgan fingerprint density at radius 1 is 0.386 bits per heavy atom. The van der Waals surface area contributed by atoms with E-state index < -0.39 is 124 Å². The number of carbonyl (C=O) groups excluding carboxylic acids is 1. The minimum atomic E-state index is -1.97. The zero-order chi connectivity index (χ0) is 60.5. The summed E-state index contributed by atoms with van der Waals surface area (Å²) >= 11 is 0. The lowest BCUT2D eigenvalue weighted by Crippen LogP contribution is -2.66. The molecule has 17 unspecified atom stereocenters. The van der Waals surface area contributed by atoms with Crippen LogP contribution in [0.2, 0.25) is 0 Å². The van der Waals surface area contributed by atoms with Crippen molar-refractivity contribution in [2.24, 2.45) is 0 Å². The van der Waals surface area contributed by atoms with Crippen molar-refractivity contribution < 1.29 is 89.4 Å². The summed E-state index contributed by atoms with van der Waals surface area (Å²) in [4.78, 5) is 13.2. The first kappa shape index (κ1) is 76.0. The number of hydrogen-bond acceptors (Lipinski definition) is 18. The molecule has 0 aliphatic carbocycles. The monoisotopic (exact) mass is 1190 g/mol. The summed E-state index contributed by atoms with van der Waals surface area (Å²) in [7, 11) is 0. The summed E-state index contributed by atoms with van der Waals surface area (Å²) in [5.41, 5.74) is 0. The van der Waals surface area contributed by atoms with Crippen LogP contribution >= 0.6 is 0 Å². The van der Waals surface area contributed by atoms with Crippen LogP contribution in [0.3, 0.4) is 0 Å². The number of unbranched alkanes of at least 4 members (excludes halogenated alkanes) is 36. The molecule has 492 valence electrons. The second-order valence-electron chi connectivity index (χ2n) is 24.7. The zero-order valence-electron chi connectivity index (χ0n) is 51.7. The Bertz CT molecular complexity index is 1520. The van der Waals surface area contributed by atoms with Crippen LogP contribution in [0.4, 0.5) is 0 Å². The number of carbonyl (C=O) groups is 1. The lowest BCUT2D eigenvalue weighted by atomic mass is 9.96. The van der Waals surface area contributed by atoms with E-state index in [0.29, 0.717) is 12.8 Å². The maximum atomic E-state index is 13.2. The summed E-state index contributed by atoms with van der Waals surface area (Å²) in [5, 5.41) is 120. The van der Waals surface area contributed by atoms with Gasteiger partial charge in [0.25, 0.3) is 0 Å². The van der Waals surface area contributed by atoms with Crippen LogP contribution in [0.5, 0.6) is 0 Å². The molecule has 0 aromatic heterocycles. The lowest BCUT2D eigenvalue weighted by molar-refractivity contribution is -0.379. The fraction of sp³-hybridized carbons (Fsp3) is 0.984. The van der Waals surface area contributed by atoms with Crippen LogP contribution in [0, 0.1) is 0 Å². The minimum Gasteiger partial charge on any atom is -0.394 e. The minimum absolute atomic E-state index is 0.246. The first-order valence-electron chi connectivity index (χ1n) is 33.8. The summed E-state index contributed by atoms with van der Waals surface area (Å²) in [6, 6.07) is -0.879. The highest BCUT2D eigenvalue weighted by atomic mass is 16.8. The van der Waals surface area contributed by atoms with Crippen molar-refractivity contribution in [2.75, 3.05) is 26.4 Å². The molecule has 1 amide bonds. The normalized spacial score (nSPS) is 29.3. The molecule has 0 bridgehead atoms. The predicted molar refractivity (Wildman–Crippen MR) is 319 cm³/mol. The van der Waals surface area contributed by atoms with E-state index in [-0.39, 0.29) is 18.9 Å². The van der Waals surface area contributed by atoms with E-state index in [4.69, 9.17) is 28.4 Å². The number of ether oxygens (including phenoxy) is 6. The Morgan fingerprint density at radius 2 is 0.687 bits per heavy atom. The molecule has 19 nitrogen and oxygen atoms in total. The summed E-state index contributed by atoms with van der Waals surface area (Å²) in [6.45, 7) is 1.76. The Labute approximate surface area is 500 Å². The fourth-order valence-corrected chi connectivity index (χ4v) is 11.9. The highest BCUT2D eigenvalue weighted by Gasteiger charge is 2.53. The molecule has 12 N–H and O–H groups in total. The average molecular weight is 1190 g/mol. The average Bonchev–Trinajstić information content (AvgIpc) is 3.25. The largest absolute Gasteiger partial charge is 0.394 e. The van der Waals surface area contributed by atoms with Crippen molar-refractivity contribution in [3.63, 3.8) is 0 Å². The molecule has 83 heavy (non-hydrogen) atoms. The van der Waals surface area contributed by atoms with Crippen LogP contribution in [0.1, 0.15) is 271 Å². The number of aliphatic hydroxyl groups is 11. The molecular weight excluding hydrogens is 1070 g/mol. The molecule has 17 atom stereocenters. The third-order valence-electron chi connectivity index (χ3n) is 17.4. The Hall–Kier alpha value is -1.21. The summed E-state index contributed by atoms with van der Waals surface area (Å²) < 4.78 is 34.3. The van der Waals surface area contributed by atoms with Crippen molar-refractivity contribution in [3.8, 4) is 0 Å². The smallest absolute Gasteiger partial charge is 0.220 e. The highest BCUT2D eigenvalue weighted by molar-refractivity contribution is 5.76. The fourth-order valence-electron chi connectivity index (χ4n) is 11.9. The Morgan fingerprint density at radius 3 is 1.05 bits per heavy atom. The van der Waals surface area contributed by atoms with Crippen LogP contribution in [-0.4, -0.2) is 193 Å². The number of aliphatic hydroxyl groups excluding tert-OH is 11. The zero-order valence-corrected chi connectivity index (χ0v) is 51.7. The lowest BCUT2D eigenvalue weighted by Gasteiger charge is -2.48. The predicted octanol–water partition coefficient (Wildman–Crippen LogP) is 7.94. The third-order valence-corrected chi connectivity index (χ3v) is 17.4. The molecule has 0 aromatic rings. The van der Waals surface area contributed by atoms with Gasteiger partial charge < -0.3 is 89.9 Å². The van der Waals surface area contributed by atoms with Crippen LogP contribution < -0.4 is 5.32 Å². The third kappa shape index (κ3) is 30.7. The molecule has 0 aromatic carbocycles. The molecule has 3 saturated heterocycles. The molecule has 3 aliphatic rings. The van der Waals surface area contributed by atoms with Gasteiger partial charge in [0.2, 0.25) is 5.91 Å². The Kier molecular flexibility index (Phi) is 43.7. The van der Waals surface area contributed by atoms with Gasteiger partial charge in [0.1, 0.15) is 73.2 Å². The first-order valence-corrected chi connectivity index (χ1v) is 33.8. The van der Waals surface area contributed by atoms with Gasteiger partial charge in [0, 0.05) is 6.42 Å². The van der Waals surface area contributed by atoms with Crippen molar-refractivity contribution in [2.45, 2.75) is 375 Å². The van der Waals surface area contributed by atoms with E-state index in [0.717, 1.165) is 51.4 Å². The van der Waals surface area contributed by atoms with Gasteiger partial charge in [0.15, 0.2) is 18.9 Å². The molecule has 3 aliphatic heterocycles. The van der Waals surface area contributed by atoms with E-state index in [1.54, 1.807) is 0 Å². The summed E-state index contributed by atoms with van der Waals surface area (Å²) in [6.07, 6.45) is 22.6. The van der Waals surface area contributed by atoms with Crippen molar-refractivity contribution in [1.82, 2.24) is 5.32 Å². The van der Waals surface area contributed by atoms with Crippen molar-refractivity contribution in [3.05, 3.63) is 0 Å². The highest BCUT2D eigenvalue weighted by Crippen LogP contribution is 2.33. The van der Waals surface area contributed by atoms with Crippen LogP contribution in [0.15, 0.2) is 0 Å². The second kappa shape index (κ2) is 47.7. The number of amides is 1. The SMILES string of the molecule is CCCCCCCCCCCCCCCCCCCCCCCCCCCCCCCCCC(O)C(COC1OC(CO)C(OC2OC(CO)C(OC3OC(CO)C(O)C(O)C3O)C(O)C2O)C(O)C1O)NC(=O)CCCCCCCCC. The molecule has 3 rings (SSSR count). The molecule has 19 heteroatoms. The maximum Gasteiger partial charge on any atom is 0.220 e. The van der Waals surface area contributed by atoms with E-state index in [1.165, 1.54) is 186 Å². The number of hydrogen-bond donors (Lipinski definition) is 12. The van der Waals surface area contributed by atoms with Gasteiger partial charge in [-0.05, 0) is 12.8 Å². The molecule has 0 spiro atoms. The number of rotatable bonds is 52. The Balaban J connectivity index is 1.32. The van der Waals surface area contributed by atoms with Crippen molar-refractivity contribution in [1.29, 1.82) is 0 Å². The van der Waals surface area contributed by atoms with E-state index >= 15 is 0 Å². The van der Waals surface area contributed by atoms with Gasteiger partial charge in [-0.25, -0.2) is 0 Å². The van der Waals surface area contributed by atoms with Gasteiger partial charge in [-0.3, -0.25) is 4.79 Å². The van der Waals surface area contributed by atoms with E-state index in [9.17, 15) is 61.0 Å². The topological polar surface area (TPSA) is 307 Å². The van der Waals surface area contributed by atoms with Gasteiger partial charge in [-0.2, -0.15) is 0 Å². The number of nitrogens with one attached hydrogen (secondary N) is 1. The standard InChI is InChI=1S/C64H123NO18/c1-3-5-7-9-11-12-13-14-15-16-17-18-19-20-21-22-23-24-25-26-27-28-29-30-31-32-33-34-36-37-39-41-48(69)47(65-52(70)42-40-38-35-10-8-6-4-2)46-78-62-58(76)55(73)60(50(44-67)80-62)83-64-59(77)56(74)61(51(45-68)81-64)82-63-57(75)54(72)53(71)49(43-66)79-63/h47-51,53-64,66-69,71-77H,3-46H2,1-2H3,(H,65,70). The van der Waals surface area contributed by atoms with Crippen LogP contribution in [0.25, 0.3) is 0 Å². The van der Waals surface area contributed by atoms with Crippen molar-refractivity contribution >= 4 is 5.91 Å². The quantitative estimate of drug-likeness (QED) is 0.0257. The van der Waals surface area contributed by atoms with E-state index in [2.05, 4.69) is 19.2 Å². The molecule has 3 fully saturated rings. The second-order valence-corrected chi connectivity index (χ2v) is 24.7. The van der Waals surface area contributed by atoms with Crippen LogP contribution in [-0.2, 0) is 33.2 Å². The van der Waals surface area contributed by atoms with Gasteiger partial charge in [0.05, 0.1) is 38.6 Å².